The summed E-state index contributed by atoms with van der Waals surface area (Å²) in [5, 5.41) is 19.5. The Kier molecular flexibility index (Phi) is 5.98. The summed E-state index contributed by atoms with van der Waals surface area (Å²) < 4.78 is 34.0. The van der Waals surface area contributed by atoms with Crippen molar-refractivity contribution in [1.82, 2.24) is 0 Å². The second-order valence-electron chi connectivity index (χ2n) is 6.06. The molecule has 152 valence electrons. The van der Waals surface area contributed by atoms with Gasteiger partial charge in [0.05, 0.1) is 10.0 Å². The molecule has 0 radical (unpaired) electrons. The van der Waals surface area contributed by atoms with Crippen LogP contribution in [0.1, 0.15) is 16.7 Å². The standard InChI is InChI=1S/C19H12Cl4O5S/c20-13-5-2-6-14(21)16(13)19(29(26,27)28,10-3-1-4-11(24)9-10)12-7-8-15(22)18(25)17(12)23/h1-9,24-25H,(H,26,27,28). The van der Waals surface area contributed by atoms with Crippen molar-refractivity contribution in [1.29, 1.82) is 0 Å². The van der Waals surface area contributed by atoms with Gasteiger partial charge in [-0.2, -0.15) is 8.42 Å². The second kappa shape index (κ2) is 7.87. The van der Waals surface area contributed by atoms with Crippen molar-refractivity contribution in [2.45, 2.75) is 4.75 Å². The minimum absolute atomic E-state index is 0.0935. The van der Waals surface area contributed by atoms with Gasteiger partial charge in [-0.15, -0.1) is 0 Å². The molecule has 10 heteroatoms. The lowest BCUT2D eigenvalue weighted by molar-refractivity contribution is 0.455. The molecule has 0 fully saturated rings. The SMILES string of the molecule is O=S(=O)(O)C(c1cccc(O)c1)(c1ccc(Cl)c(O)c1Cl)c1c(Cl)cccc1Cl. The van der Waals surface area contributed by atoms with Gasteiger partial charge in [0.1, 0.15) is 5.75 Å². The minimum Gasteiger partial charge on any atom is -0.508 e. The molecule has 0 saturated heterocycles. The second-order valence-corrected chi connectivity index (χ2v) is 9.22. The zero-order valence-corrected chi connectivity index (χ0v) is 18.1. The molecule has 0 spiro atoms. The molecule has 3 N–H and O–H groups in total. The molecule has 0 aromatic heterocycles. The van der Waals surface area contributed by atoms with Crippen LogP contribution in [-0.4, -0.2) is 23.2 Å². The molecular formula is C19H12Cl4O5S. The van der Waals surface area contributed by atoms with E-state index in [2.05, 4.69) is 0 Å². The van der Waals surface area contributed by atoms with E-state index in [0.29, 0.717) is 0 Å². The summed E-state index contributed by atoms with van der Waals surface area (Å²) in [5.41, 5.74) is -0.581. The molecule has 0 bridgehead atoms. The van der Waals surface area contributed by atoms with Crippen molar-refractivity contribution in [3.63, 3.8) is 0 Å². The monoisotopic (exact) mass is 492 g/mol. The Morgan fingerprint density at radius 2 is 1.38 bits per heavy atom. The zero-order chi connectivity index (χ0) is 21.6. The van der Waals surface area contributed by atoms with Crippen molar-refractivity contribution < 1.29 is 23.2 Å². The Balaban J connectivity index is 2.66. The number of hydrogen-bond acceptors (Lipinski definition) is 4. The van der Waals surface area contributed by atoms with Crippen LogP contribution in [0.4, 0.5) is 0 Å². The Labute approximate surface area is 186 Å². The van der Waals surface area contributed by atoms with Crippen LogP contribution in [0.15, 0.2) is 54.6 Å². The number of phenols is 2. The summed E-state index contributed by atoms with van der Waals surface area (Å²) in [7, 11) is -5.12. The average molecular weight is 494 g/mol. The molecule has 0 aliphatic carbocycles. The Morgan fingerprint density at radius 3 is 1.93 bits per heavy atom. The van der Waals surface area contributed by atoms with E-state index in [1.807, 2.05) is 0 Å². The molecule has 3 aromatic carbocycles. The van der Waals surface area contributed by atoms with Crippen molar-refractivity contribution in [3.8, 4) is 11.5 Å². The molecule has 0 saturated carbocycles. The van der Waals surface area contributed by atoms with Crippen LogP contribution in [0.25, 0.3) is 0 Å². The zero-order valence-electron chi connectivity index (χ0n) is 14.3. The molecule has 3 aromatic rings. The lowest BCUT2D eigenvalue weighted by atomic mass is 9.83. The average Bonchev–Trinajstić information content (AvgIpc) is 2.63. The molecule has 0 heterocycles. The lowest BCUT2D eigenvalue weighted by Crippen LogP contribution is -2.39. The van der Waals surface area contributed by atoms with Gasteiger partial charge < -0.3 is 10.2 Å². The largest absolute Gasteiger partial charge is 0.508 e. The first-order chi connectivity index (χ1) is 13.5. The van der Waals surface area contributed by atoms with Crippen LogP contribution in [0, 0.1) is 0 Å². The summed E-state index contributed by atoms with van der Waals surface area (Å²) in [6.07, 6.45) is 0. The highest BCUT2D eigenvalue weighted by molar-refractivity contribution is 7.87. The van der Waals surface area contributed by atoms with Crippen LogP contribution in [0.2, 0.25) is 20.1 Å². The molecule has 0 aliphatic rings. The van der Waals surface area contributed by atoms with Crippen LogP contribution >= 0.6 is 46.4 Å². The van der Waals surface area contributed by atoms with Gasteiger partial charge in [0.15, 0.2) is 10.5 Å². The van der Waals surface area contributed by atoms with Crippen LogP contribution in [0.5, 0.6) is 11.5 Å². The van der Waals surface area contributed by atoms with E-state index in [4.69, 9.17) is 46.4 Å². The predicted molar refractivity (Wildman–Crippen MR) is 114 cm³/mol. The quantitative estimate of drug-likeness (QED) is 0.311. The molecule has 5 nitrogen and oxygen atoms in total. The van der Waals surface area contributed by atoms with E-state index in [9.17, 15) is 23.2 Å². The molecular weight excluding hydrogens is 482 g/mol. The highest BCUT2D eigenvalue weighted by Crippen LogP contribution is 2.53. The fourth-order valence-corrected chi connectivity index (χ4v) is 5.94. The Bertz CT molecular complexity index is 1190. The van der Waals surface area contributed by atoms with E-state index in [-0.39, 0.29) is 37.5 Å². The fourth-order valence-electron chi connectivity index (χ4n) is 3.22. The third-order valence-corrected chi connectivity index (χ3v) is 7.15. The van der Waals surface area contributed by atoms with E-state index < -0.39 is 25.6 Å². The smallest absolute Gasteiger partial charge is 0.283 e. The normalized spacial score (nSPS) is 13.8. The highest BCUT2D eigenvalue weighted by Gasteiger charge is 2.52. The maximum absolute atomic E-state index is 13.0. The molecule has 1 unspecified atom stereocenters. The maximum Gasteiger partial charge on any atom is 0.283 e. The van der Waals surface area contributed by atoms with Gasteiger partial charge in [-0.1, -0.05) is 70.7 Å². The number of benzene rings is 3. The Morgan fingerprint density at radius 1 is 0.793 bits per heavy atom. The number of hydrogen-bond donors (Lipinski definition) is 3. The summed E-state index contributed by atoms with van der Waals surface area (Å²) in [6, 6.07) is 11.8. The van der Waals surface area contributed by atoms with Gasteiger partial charge in [-0.25, -0.2) is 0 Å². The van der Waals surface area contributed by atoms with Crippen LogP contribution < -0.4 is 0 Å². The lowest BCUT2D eigenvalue weighted by Gasteiger charge is -2.34. The minimum atomic E-state index is -5.12. The van der Waals surface area contributed by atoms with E-state index in [0.717, 1.165) is 6.07 Å². The predicted octanol–water partition coefficient (Wildman–Crippen LogP) is 5.89. The molecule has 0 amide bonds. The topological polar surface area (TPSA) is 94.8 Å². The summed E-state index contributed by atoms with van der Waals surface area (Å²) in [6.45, 7) is 0. The number of phenolic OH excluding ortho intramolecular Hbond substituents is 2. The van der Waals surface area contributed by atoms with E-state index >= 15 is 0 Å². The van der Waals surface area contributed by atoms with Gasteiger partial charge >= 0.3 is 0 Å². The summed E-state index contributed by atoms with van der Waals surface area (Å²) in [5.74, 6) is -0.879. The van der Waals surface area contributed by atoms with Gasteiger partial charge in [0, 0.05) is 21.2 Å². The number of rotatable bonds is 4. The first-order valence-electron chi connectivity index (χ1n) is 7.90. The first kappa shape index (κ1) is 22.0. The van der Waals surface area contributed by atoms with Crippen molar-refractivity contribution in [3.05, 3.63) is 91.4 Å². The van der Waals surface area contributed by atoms with Gasteiger partial charge in [-0.05, 0) is 35.9 Å². The third-order valence-electron chi connectivity index (χ3n) is 4.40. The maximum atomic E-state index is 13.0. The van der Waals surface area contributed by atoms with Crippen molar-refractivity contribution >= 4 is 56.5 Å². The molecule has 29 heavy (non-hydrogen) atoms. The molecule has 1 atom stereocenters. The highest BCUT2D eigenvalue weighted by atomic mass is 35.5. The third kappa shape index (κ3) is 3.54. The number of aromatic hydroxyl groups is 2. The molecule has 3 rings (SSSR count). The Hall–Kier alpha value is -1.67. The van der Waals surface area contributed by atoms with Gasteiger partial charge in [-0.3, -0.25) is 4.55 Å². The van der Waals surface area contributed by atoms with Gasteiger partial charge in [0.25, 0.3) is 10.1 Å². The van der Waals surface area contributed by atoms with Crippen molar-refractivity contribution in [2.24, 2.45) is 0 Å². The van der Waals surface area contributed by atoms with E-state index in [1.165, 1.54) is 48.5 Å². The number of halogens is 4. The van der Waals surface area contributed by atoms with E-state index in [1.54, 1.807) is 0 Å². The van der Waals surface area contributed by atoms with Gasteiger partial charge in [0.2, 0.25) is 0 Å². The fraction of sp³-hybridized carbons (Fsp3) is 0.0526. The summed E-state index contributed by atoms with van der Waals surface area (Å²) >= 11 is 24.8. The van der Waals surface area contributed by atoms with Crippen molar-refractivity contribution in [2.75, 3.05) is 0 Å². The van der Waals surface area contributed by atoms with Crippen LogP contribution in [0.3, 0.4) is 0 Å². The summed E-state index contributed by atoms with van der Waals surface area (Å²) in [4.78, 5) is 0. The molecule has 0 aliphatic heterocycles. The van der Waals surface area contributed by atoms with Crippen LogP contribution in [-0.2, 0) is 14.9 Å². The first-order valence-corrected chi connectivity index (χ1v) is 10.9.